The van der Waals surface area contributed by atoms with Crippen molar-refractivity contribution in [3.63, 3.8) is 0 Å². The lowest BCUT2D eigenvalue weighted by Gasteiger charge is -2.22. The van der Waals surface area contributed by atoms with E-state index >= 15 is 0 Å². The highest BCUT2D eigenvalue weighted by Crippen LogP contribution is 2.27. The molecule has 0 aliphatic heterocycles. The molecule has 0 N–H and O–H groups in total. The van der Waals surface area contributed by atoms with Crippen LogP contribution in [0.5, 0.6) is 0 Å². The molecule has 1 amide bonds. The number of hydrogen-bond acceptors (Lipinski definition) is 1. The first-order valence-electron chi connectivity index (χ1n) is 12.1. The summed E-state index contributed by atoms with van der Waals surface area (Å²) in [6.45, 7) is 11.7. The Morgan fingerprint density at radius 3 is 1.45 bits per heavy atom. The van der Waals surface area contributed by atoms with Crippen molar-refractivity contribution in [3.05, 3.63) is 71.8 Å². The van der Waals surface area contributed by atoms with Gasteiger partial charge in [-0.05, 0) is 41.7 Å². The van der Waals surface area contributed by atoms with Crippen LogP contribution in [0.2, 0.25) is 0 Å². The second kappa shape index (κ2) is 14.8. The molecule has 2 nitrogen and oxygen atoms in total. The molecule has 0 bridgehead atoms. The third-order valence-corrected chi connectivity index (χ3v) is 6.16. The molecule has 1 atom stereocenters. The molecule has 0 fully saturated rings. The van der Waals surface area contributed by atoms with Gasteiger partial charge in [0, 0.05) is 14.1 Å². The SMILES string of the molecule is CCC(CC)CC(CC)CC(C)C.CN(C)C(=O)C(c1ccccc1)c1ccccc1. The van der Waals surface area contributed by atoms with Crippen molar-refractivity contribution in [2.24, 2.45) is 17.8 Å². The number of carbonyl (C=O) groups is 1. The molecule has 0 aliphatic carbocycles. The summed E-state index contributed by atoms with van der Waals surface area (Å²) in [6, 6.07) is 19.8. The molecule has 0 radical (unpaired) electrons. The van der Waals surface area contributed by atoms with Crippen molar-refractivity contribution in [1.29, 1.82) is 0 Å². The van der Waals surface area contributed by atoms with Crippen LogP contribution in [-0.2, 0) is 4.79 Å². The van der Waals surface area contributed by atoms with Crippen molar-refractivity contribution in [3.8, 4) is 0 Å². The standard InChI is InChI=1S/C16H17NO.C13H28/c1-17(2)16(18)15(13-9-5-3-6-10-13)14-11-7-4-8-12-14;1-6-12(7-2)10-13(8-3)9-11(4)5/h3-12,15H,1-2H3;11-13H,6-10H2,1-5H3. The Morgan fingerprint density at radius 1 is 0.710 bits per heavy atom. The van der Waals surface area contributed by atoms with Crippen molar-refractivity contribution >= 4 is 5.91 Å². The predicted octanol–water partition coefficient (Wildman–Crippen LogP) is 7.79. The average Bonchev–Trinajstić information content (AvgIpc) is 2.78. The number of nitrogens with zero attached hydrogens (tertiary/aromatic N) is 1. The highest BCUT2D eigenvalue weighted by Gasteiger charge is 2.23. The lowest BCUT2D eigenvalue weighted by molar-refractivity contribution is -0.129. The molecule has 0 aliphatic rings. The van der Waals surface area contributed by atoms with E-state index in [1.165, 1.54) is 32.1 Å². The van der Waals surface area contributed by atoms with Gasteiger partial charge in [-0.1, -0.05) is 115 Å². The van der Waals surface area contributed by atoms with Crippen LogP contribution in [0.25, 0.3) is 0 Å². The molecule has 2 aromatic rings. The summed E-state index contributed by atoms with van der Waals surface area (Å²) in [5.74, 6) is 2.71. The fourth-order valence-corrected chi connectivity index (χ4v) is 4.22. The topological polar surface area (TPSA) is 20.3 Å². The van der Waals surface area contributed by atoms with Crippen LogP contribution < -0.4 is 0 Å². The normalized spacial score (nSPS) is 11.9. The summed E-state index contributed by atoms with van der Waals surface area (Å²) in [5, 5.41) is 0. The van der Waals surface area contributed by atoms with E-state index in [9.17, 15) is 4.79 Å². The molecule has 2 rings (SSSR count). The lowest BCUT2D eigenvalue weighted by Crippen LogP contribution is -2.28. The average molecular weight is 424 g/mol. The van der Waals surface area contributed by atoms with Gasteiger partial charge in [-0.2, -0.15) is 0 Å². The number of likely N-dealkylation sites (N-methyl/N-ethyl adjacent to an activating group) is 1. The van der Waals surface area contributed by atoms with Gasteiger partial charge in [0.1, 0.15) is 0 Å². The van der Waals surface area contributed by atoms with Crippen LogP contribution in [-0.4, -0.2) is 24.9 Å². The van der Waals surface area contributed by atoms with E-state index in [2.05, 4.69) is 34.6 Å². The summed E-state index contributed by atoms with van der Waals surface area (Å²) in [6.07, 6.45) is 6.99. The van der Waals surface area contributed by atoms with Gasteiger partial charge >= 0.3 is 0 Å². The summed E-state index contributed by atoms with van der Waals surface area (Å²) < 4.78 is 0. The van der Waals surface area contributed by atoms with Crippen molar-refractivity contribution in [2.45, 2.75) is 72.6 Å². The second-order valence-corrected chi connectivity index (χ2v) is 9.31. The Hall–Kier alpha value is -2.09. The number of hydrogen-bond donors (Lipinski definition) is 0. The van der Waals surface area contributed by atoms with Gasteiger partial charge in [0.2, 0.25) is 5.91 Å². The maximum atomic E-state index is 12.4. The number of rotatable bonds is 10. The Morgan fingerprint density at radius 2 is 1.13 bits per heavy atom. The zero-order chi connectivity index (χ0) is 23.2. The van der Waals surface area contributed by atoms with Crippen molar-refractivity contribution in [2.75, 3.05) is 14.1 Å². The quantitative estimate of drug-likeness (QED) is 0.382. The Labute approximate surface area is 192 Å². The number of carbonyl (C=O) groups excluding carboxylic acids is 1. The molecular formula is C29H45NO. The van der Waals surface area contributed by atoms with Crippen molar-refractivity contribution < 1.29 is 4.79 Å². The summed E-state index contributed by atoms with van der Waals surface area (Å²) in [4.78, 5) is 14.0. The molecule has 2 aromatic carbocycles. The van der Waals surface area contributed by atoms with Crippen LogP contribution in [0.4, 0.5) is 0 Å². The molecule has 2 heteroatoms. The van der Waals surface area contributed by atoms with E-state index < -0.39 is 0 Å². The molecule has 0 aromatic heterocycles. The van der Waals surface area contributed by atoms with Crippen LogP contribution in [0, 0.1) is 17.8 Å². The third-order valence-electron chi connectivity index (χ3n) is 6.16. The van der Waals surface area contributed by atoms with E-state index in [4.69, 9.17) is 0 Å². The fraction of sp³-hybridized carbons (Fsp3) is 0.552. The third kappa shape index (κ3) is 9.72. The lowest BCUT2D eigenvalue weighted by atomic mass is 9.84. The minimum Gasteiger partial charge on any atom is -0.348 e. The Balaban J connectivity index is 0.000000330. The first-order valence-corrected chi connectivity index (χ1v) is 12.1. The van der Waals surface area contributed by atoms with Gasteiger partial charge < -0.3 is 4.90 Å². The molecule has 31 heavy (non-hydrogen) atoms. The molecular weight excluding hydrogens is 378 g/mol. The van der Waals surface area contributed by atoms with E-state index in [0.717, 1.165) is 28.9 Å². The zero-order valence-corrected chi connectivity index (χ0v) is 21.0. The fourth-order valence-electron chi connectivity index (χ4n) is 4.22. The molecule has 0 heterocycles. The van der Waals surface area contributed by atoms with Crippen LogP contribution >= 0.6 is 0 Å². The predicted molar refractivity (Wildman–Crippen MR) is 135 cm³/mol. The molecule has 0 spiro atoms. The van der Waals surface area contributed by atoms with Gasteiger partial charge in [-0.25, -0.2) is 0 Å². The Bertz CT molecular complexity index is 665. The second-order valence-electron chi connectivity index (χ2n) is 9.31. The first-order chi connectivity index (χ1) is 14.8. The maximum absolute atomic E-state index is 12.4. The largest absolute Gasteiger partial charge is 0.348 e. The highest BCUT2D eigenvalue weighted by molar-refractivity contribution is 5.86. The molecule has 1 unspecified atom stereocenters. The van der Waals surface area contributed by atoms with E-state index in [0.29, 0.717) is 0 Å². The highest BCUT2D eigenvalue weighted by atomic mass is 16.2. The van der Waals surface area contributed by atoms with Gasteiger partial charge in [0.05, 0.1) is 5.92 Å². The van der Waals surface area contributed by atoms with Gasteiger partial charge in [-0.3, -0.25) is 4.79 Å². The maximum Gasteiger partial charge on any atom is 0.234 e. The van der Waals surface area contributed by atoms with Gasteiger partial charge in [0.25, 0.3) is 0 Å². The van der Waals surface area contributed by atoms with E-state index in [1.54, 1.807) is 19.0 Å². The number of amides is 1. The van der Waals surface area contributed by atoms with Crippen LogP contribution in [0.3, 0.4) is 0 Å². The minimum absolute atomic E-state index is 0.104. The van der Waals surface area contributed by atoms with Crippen molar-refractivity contribution in [1.82, 2.24) is 4.90 Å². The van der Waals surface area contributed by atoms with Gasteiger partial charge in [-0.15, -0.1) is 0 Å². The molecule has 0 saturated heterocycles. The van der Waals surface area contributed by atoms with Crippen LogP contribution in [0.1, 0.15) is 83.8 Å². The summed E-state index contributed by atoms with van der Waals surface area (Å²) >= 11 is 0. The molecule has 172 valence electrons. The Kier molecular flexibility index (Phi) is 12.9. The van der Waals surface area contributed by atoms with Crippen LogP contribution in [0.15, 0.2) is 60.7 Å². The monoisotopic (exact) mass is 423 g/mol. The summed E-state index contributed by atoms with van der Waals surface area (Å²) in [5.41, 5.74) is 2.06. The summed E-state index contributed by atoms with van der Waals surface area (Å²) in [7, 11) is 3.59. The first kappa shape index (κ1) is 26.9. The molecule has 0 saturated carbocycles. The smallest absolute Gasteiger partial charge is 0.234 e. The van der Waals surface area contributed by atoms with E-state index in [1.807, 2.05) is 60.7 Å². The minimum atomic E-state index is -0.220. The van der Waals surface area contributed by atoms with Gasteiger partial charge in [0.15, 0.2) is 0 Å². The number of benzene rings is 2. The zero-order valence-electron chi connectivity index (χ0n) is 21.0. The van der Waals surface area contributed by atoms with E-state index in [-0.39, 0.29) is 11.8 Å².